The van der Waals surface area contributed by atoms with Crippen LogP contribution in [0.25, 0.3) is 11.3 Å². The largest absolute Gasteiger partial charge is 0.366 e. The Morgan fingerprint density at radius 2 is 1.89 bits per heavy atom. The third kappa shape index (κ3) is 5.72. The van der Waals surface area contributed by atoms with E-state index in [0.717, 1.165) is 0 Å². The SMILES string of the molecule is O=C(NCC(=O)N1CCN(c2ccc(-c3cc(CNc4ccon4)on3)cc2F)CC1)c1cccc(=O)[nH]1. The minimum Gasteiger partial charge on any atom is -0.366 e. The number of nitrogens with one attached hydrogen (secondary N) is 3. The fourth-order valence-electron chi connectivity index (χ4n) is 4.08. The standard InChI is InChI=1S/C25H24FN7O5/c26-18-12-16(20-13-17(38-30-20)14-27-22-6-11-37-31-22)4-5-21(18)32-7-9-33(10-8-32)24(35)15-28-25(36)19-2-1-3-23(34)29-19/h1-6,11-13H,7-10,14-15H2,(H,27,31)(H,28,36)(H,29,34). The van der Waals surface area contributed by atoms with Crippen molar-refractivity contribution in [3.8, 4) is 11.3 Å². The van der Waals surface area contributed by atoms with Gasteiger partial charge >= 0.3 is 0 Å². The molecule has 0 aliphatic carbocycles. The smallest absolute Gasteiger partial charge is 0.268 e. The number of piperazine rings is 1. The lowest BCUT2D eigenvalue weighted by Crippen LogP contribution is -2.51. The summed E-state index contributed by atoms with van der Waals surface area (Å²) < 4.78 is 25.1. The number of benzene rings is 1. The van der Waals surface area contributed by atoms with Gasteiger partial charge in [-0.15, -0.1) is 0 Å². The van der Waals surface area contributed by atoms with E-state index in [1.54, 1.807) is 29.2 Å². The van der Waals surface area contributed by atoms with Crippen molar-refractivity contribution in [2.24, 2.45) is 0 Å². The van der Waals surface area contributed by atoms with Crippen LogP contribution in [0.15, 0.2) is 68.6 Å². The molecule has 1 aliphatic rings. The van der Waals surface area contributed by atoms with Crippen LogP contribution in [0.1, 0.15) is 16.2 Å². The van der Waals surface area contributed by atoms with E-state index >= 15 is 4.39 Å². The number of pyridine rings is 1. The van der Waals surface area contributed by atoms with E-state index in [4.69, 9.17) is 9.05 Å². The number of carbonyl (C=O) groups is 2. The van der Waals surface area contributed by atoms with Gasteiger partial charge in [0, 0.05) is 49.9 Å². The molecule has 3 aromatic heterocycles. The summed E-state index contributed by atoms with van der Waals surface area (Å²) in [5, 5.41) is 13.3. The molecule has 0 saturated carbocycles. The zero-order chi connectivity index (χ0) is 26.5. The maximum Gasteiger partial charge on any atom is 0.268 e. The molecule has 5 rings (SSSR count). The Balaban J connectivity index is 1.13. The van der Waals surface area contributed by atoms with E-state index in [2.05, 4.69) is 25.9 Å². The number of aromatic nitrogens is 3. The van der Waals surface area contributed by atoms with E-state index in [1.165, 1.54) is 30.5 Å². The highest BCUT2D eigenvalue weighted by molar-refractivity contribution is 5.94. The summed E-state index contributed by atoms with van der Waals surface area (Å²) in [6.45, 7) is 1.77. The Hall–Kier alpha value is -4.94. The molecule has 196 valence electrons. The normalized spacial score (nSPS) is 13.4. The second-order valence-electron chi connectivity index (χ2n) is 8.56. The average molecular weight is 522 g/mol. The molecule has 0 spiro atoms. The van der Waals surface area contributed by atoms with Crippen LogP contribution in [-0.4, -0.2) is 64.7 Å². The molecular weight excluding hydrogens is 497 g/mol. The number of H-pyrrole nitrogens is 1. The number of hydrogen-bond donors (Lipinski definition) is 3. The first-order chi connectivity index (χ1) is 18.5. The first-order valence-corrected chi connectivity index (χ1v) is 11.9. The molecule has 12 nitrogen and oxygen atoms in total. The summed E-state index contributed by atoms with van der Waals surface area (Å²) in [7, 11) is 0. The van der Waals surface area contributed by atoms with Crippen LogP contribution in [0, 0.1) is 5.82 Å². The molecule has 13 heteroatoms. The molecule has 1 aromatic carbocycles. The lowest BCUT2D eigenvalue weighted by molar-refractivity contribution is -0.130. The summed E-state index contributed by atoms with van der Waals surface area (Å²) in [6, 6.07) is 12.5. The van der Waals surface area contributed by atoms with E-state index in [9.17, 15) is 14.4 Å². The molecule has 0 atom stereocenters. The zero-order valence-corrected chi connectivity index (χ0v) is 20.1. The Kier molecular flexibility index (Phi) is 7.15. The predicted molar refractivity (Wildman–Crippen MR) is 134 cm³/mol. The van der Waals surface area contributed by atoms with Crippen molar-refractivity contribution in [3.63, 3.8) is 0 Å². The summed E-state index contributed by atoms with van der Waals surface area (Å²) in [5.74, 6) is -0.0814. The van der Waals surface area contributed by atoms with Crippen LogP contribution in [0.4, 0.5) is 15.9 Å². The van der Waals surface area contributed by atoms with Crippen LogP contribution in [0.5, 0.6) is 0 Å². The first-order valence-electron chi connectivity index (χ1n) is 11.9. The highest BCUT2D eigenvalue weighted by Crippen LogP contribution is 2.27. The summed E-state index contributed by atoms with van der Waals surface area (Å²) in [5.41, 5.74) is 1.19. The number of aromatic amines is 1. The second-order valence-corrected chi connectivity index (χ2v) is 8.56. The second kappa shape index (κ2) is 11.0. The fraction of sp³-hybridized carbons (Fsp3) is 0.240. The van der Waals surface area contributed by atoms with Gasteiger partial charge in [-0.2, -0.15) is 0 Å². The molecule has 4 aromatic rings. The highest BCUT2D eigenvalue weighted by atomic mass is 19.1. The molecule has 1 saturated heterocycles. The Morgan fingerprint density at radius 1 is 1.05 bits per heavy atom. The molecule has 0 bridgehead atoms. The van der Waals surface area contributed by atoms with Gasteiger partial charge in [0.05, 0.1) is 18.8 Å². The molecule has 0 radical (unpaired) electrons. The Labute approximate surface area is 215 Å². The first kappa shape index (κ1) is 24.7. The van der Waals surface area contributed by atoms with E-state index < -0.39 is 17.3 Å². The monoisotopic (exact) mass is 521 g/mol. The molecule has 4 heterocycles. The van der Waals surface area contributed by atoms with Gasteiger partial charge in [-0.25, -0.2) is 4.39 Å². The molecule has 0 unspecified atom stereocenters. The van der Waals surface area contributed by atoms with E-state index in [0.29, 0.717) is 61.2 Å². The zero-order valence-electron chi connectivity index (χ0n) is 20.1. The Bertz CT molecular complexity index is 1480. The number of hydrogen-bond acceptors (Lipinski definition) is 9. The quantitative estimate of drug-likeness (QED) is 0.316. The summed E-state index contributed by atoms with van der Waals surface area (Å²) in [6.07, 6.45) is 1.45. The summed E-state index contributed by atoms with van der Waals surface area (Å²) in [4.78, 5) is 41.9. The van der Waals surface area contributed by atoms with Gasteiger partial charge in [0.2, 0.25) is 11.5 Å². The highest BCUT2D eigenvalue weighted by Gasteiger charge is 2.23. The number of amides is 2. The third-order valence-electron chi connectivity index (χ3n) is 6.07. The lowest BCUT2D eigenvalue weighted by atomic mass is 10.1. The van der Waals surface area contributed by atoms with Crippen molar-refractivity contribution >= 4 is 23.3 Å². The topological polar surface area (TPSA) is 150 Å². The van der Waals surface area contributed by atoms with Gasteiger partial charge in [0.15, 0.2) is 11.6 Å². The Morgan fingerprint density at radius 3 is 2.63 bits per heavy atom. The summed E-state index contributed by atoms with van der Waals surface area (Å²) >= 11 is 0. The van der Waals surface area contributed by atoms with Crippen LogP contribution in [0.2, 0.25) is 0 Å². The van der Waals surface area contributed by atoms with Gasteiger partial charge in [-0.1, -0.05) is 22.4 Å². The van der Waals surface area contributed by atoms with Crippen molar-refractivity contribution in [2.75, 3.05) is 42.9 Å². The van der Waals surface area contributed by atoms with Gasteiger partial charge in [-0.05, 0) is 18.2 Å². The van der Waals surface area contributed by atoms with Crippen molar-refractivity contribution in [2.45, 2.75) is 6.54 Å². The van der Waals surface area contributed by atoms with Crippen molar-refractivity contribution in [3.05, 3.63) is 82.4 Å². The van der Waals surface area contributed by atoms with Crippen LogP contribution in [-0.2, 0) is 11.3 Å². The maximum absolute atomic E-state index is 15.0. The number of nitrogens with zero attached hydrogens (tertiary/aromatic N) is 4. The van der Waals surface area contributed by atoms with Crippen molar-refractivity contribution < 1.29 is 23.0 Å². The molecule has 3 N–H and O–H groups in total. The third-order valence-corrected chi connectivity index (χ3v) is 6.07. The van der Waals surface area contributed by atoms with Gasteiger partial charge in [-0.3, -0.25) is 14.4 Å². The van der Waals surface area contributed by atoms with Crippen LogP contribution in [0.3, 0.4) is 0 Å². The predicted octanol–water partition coefficient (Wildman–Crippen LogP) is 1.85. The maximum atomic E-state index is 15.0. The molecule has 1 aliphatic heterocycles. The van der Waals surface area contributed by atoms with Gasteiger partial charge in [0.25, 0.3) is 5.91 Å². The van der Waals surface area contributed by atoms with Crippen molar-refractivity contribution in [1.29, 1.82) is 0 Å². The van der Waals surface area contributed by atoms with Crippen LogP contribution >= 0.6 is 0 Å². The van der Waals surface area contributed by atoms with Gasteiger partial charge in [0.1, 0.15) is 23.5 Å². The molecule has 2 amide bonds. The minimum absolute atomic E-state index is 0.0825. The fourth-order valence-corrected chi connectivity index (χ4v) is 4.08. The lowest BCUT2D eigenvalue weighted by Gasteiger charge is -2.36. The molecule has 38 heavy (non-hydrogen) atoms. The number of carbonyl (C=O) groups excluding carboxylic acids is 2. The van der Waals surface area contributed by atoms with E-state index in [-0.39, 0.29) is 18.1 Å². The van der Waals surface area contributed by atoms with Crippen LogP contribution < -0.4 is 21.1 Å². The molecule has 1 fully saturated rings. The average Bonchev–Trinajstić information content (AvgIpc) is 3.63. The minimum atomic E-state index is -0.540. The van der Waals surface area contributed by atoms with Gasteiger partial charge < -0.3 is 34.5 Å². The number of rotatable bonds is 8. The number of anilines is 2. The number of halogens is 1. The van der Waals surface area contributed by atoms with Crippen molar-refractivity contribution in [1.82, 2.24) is 25.5 Å². The van der Waals surface area contributed by atoms with E-state index in [1.807, 2.05) is 4.90 Å². The molecular formula is C25H24FN7O5.